The quantitative estimate of drug-likeness (QED) is 0.690. The fourth-order valence-electron chi connectivity index (χ4n) is 2.42. The third-order valence-electron chi connectivity index (χ3n) is 3.96. The van der Waals surface area contributed by atoms with Crippen molar-refractivity contribution in [2.24, 2.45) is 5.41 Å². The van der Waals surface area contributed by atoms with Gasteiger partial charge in [0.2, 0.25) is 11.8 Å². The Balaban J connectivity index is 1.99. The minimum atomic E-state index is -0.920. The number of amides is 2. The van der Waals surface area contributed by atoms with Gasteiger partial charge in [-0.2, -0.15) is 0 Å². The van der Waals surface area contributed by atoms with Gasteiger partial charge in [-0.25, -0.2) is 0 Å². The minimum absolute atomic E-state index is 0.0119. The number of carbonyl (C=O) groups is 2. The van der Waals surface area contributed by atoms with Crippen LogP contribution in [0.25, 0.3) is 0 Å². The molecule has 18 heavy (non-hydrogen) atoms. The van der Waals surface area contributed by atoms with E-state index in [1.165, 1.54) is 0 Å². The van der Waals surface area contributed by atoms with Crippen LogP contribution in [0.2, 0.25) is 0 Å². The Morgan fingerprint density at radius 1 is 1.06 bits per heavy atom. The maximum absolute atomic E-state index is 12.4. The van der Waals surface area contributed by atoms with E-state index in [0.29, 0.717) is 32.6 Å². The smallest absolute Gasteiger partial charge is 0.231 e. The second kappa shape index (κ2) is 4.57. The average Bonchev–Trinajstić information content (AvgIpc) is 2.89. The normalized spacial score (nSPS) is 30.9. The molecule has 1 atom stereocenters. The lowest BCUT2D eigenvalue weighted by Gasteiger charge is -2.25. The molecule has 0 spiro atoms. The molecule has 0 N–H and O–H groups in total. The van der Waals surface area contributed by atoms with Crippen molar-refractivity contribution in [2.75, 3.05) is 26.2 Å². The van der Waals surface area contributed by atoms with E-state index in [2.05, 4.69) is 0 Å². The molecule has 2 fully saturated rings. The molecule has 1 saturated heterocycles. The SMILES string of the molecule is CC(=O)N1CCCN(C(=O)C2(C)CC2(Cl)Cl)CC1. The lowest BCUT2D eigenvalue weighted by Crippen LogP contribution is -2.41. The number of carbonyl (C=O) groups excluding carboxylic acids is 2. The summed E-state index contributed by atoms with van der Waals surface area (Å²) in [7, 11) is 0. The average molecular weight is 293 g/mol. The fraction of sp³-hybridized carbons (Fsp3) is 0.833. The highest BCUT2D eigenvalue weighted by molar-refractivity contribution is 6.53. The van der Waals surface area contributed by atoms with Crippen molar-refractivity contribution >= 4 is 35.0 Å². The second-order valence-corrected chi connectivity index (χ2v) is 6.85. The fourth-order valence-corrected chi connectivity index (χ4v) is 3.11. The van der Waals surface area contributed by atoms with Crippen LogP contribution < -0.4 is 0 Å². The van der Waals surface area contributed by atoms with Gasteiger partial charge in [-0.15, -0.1) is 23.2 Å². The van der Waals surface area contributed by atoms with Gasteiger partial charge in [0.15, 0.2) is 0 Å². The molecule has 1 saturated carbocycles. The molecule has 0 aromatic rings. The summed E-state index contributed by atoms with van der Waals surface area (Å²) in [5.74, 6) is 0.0730. The predicted octanol–water partition coefficient (Wildman–Crippen LogP) is 1.65. The van der Waals surface area contributed by atoms with E-state index in [1.807, 2.05) is 6.92 Å². The van der Waals surface area contributed by atoms with E-state index < -0.39 is 9.75 Å². The molecular formula is C12H18Cl2N2O2. The lowest BCUT2D eigenvalue weighted by atomic mass is 10.1. The molecule has 102 valence electrons. The number of nitrogens with zero attached hydrogens (tertiary/aromatic N) is 2. The van der Waals surface area contributed by atoms with Crippen LogP contribution in [0.3, 0.4) is 0 Å². The Kier molecular flexibility index (Phi) is 3.54. The first kappa shape index (κ1) is 13.9. The van der Waals surface area contributed by atoms with E-state index in [9.17, 15) is 9.59 Å². The molecule has 1 heterocycles. The van der Waals surface area contributed by atoms with E-state index in [4.69, 9.17) is 23.2 Å². The molecule has 1 aliphatic carbocycles. The summed E-state index contributed by atoms with van der Waals surface area (Å²) < 4.78 is -0.920. The van der Waals surface area contributed by atoms with Crippen molar-refractivity contribution in [1.29, 1.82) is 0 Å². The van der Waals surface area contributed by atoms with Crippen molar-refractivity contribution in [3.8, 4) is 0 Å². The standard InChI is InChI=1S/C12H18Cl2N2O2/c1-9(17)15-4-3-5-16(7-6-15)10(18)11(2)8-12(11,13)14/h3-8H2,1-2H3. The van der Waals surface area contributed by atoms with Crippen LogP contribution in [0.1, 0.15) is 26.7 Å². The van der Waals surface area contributed by atoms with Crippen LogP contribution in [-0.2, 0) is 9.59 Å². The summed E-state index contributed by atoms with van der Waals surface area (Å²) in [4.78, 5) is 27.3. The number of alkyl halides is 2. The predicted molar refractivity (Wildman–Crippen MR) is 70.6 cm³/mol. The topological polar surface area (TPSA) is 40.6 Å². The zero-order valence-corrected chi connectivity index (χ0v) is 12.2. The van der Waals surface area contributed by atoms with E-state index in [1.54, 1.807) is 16.7 Å². The summed E-state index contributed by atoms with van der Waals surface area (Å²) >= 11 is 12.1. The summed E-state index contributed by atoms with van der Waals surface area (Å²) in [6.07, 6.45) is 1.31. The van der Waals surface area contributed by atoms with Gasteiger partial charge in [-0.1, -0.05) is 0 Å². The van der Waals surface area contributed by atoms with Gasteiger partial charge in [0.25, 0.3) is 0 Å². The molecule has 0 bridgehead atoms. The van der Waals surface area contributed by atoms with Crippen LogP contribution in [-0.4, -0.2) is 52.1 Å². The van der Waals surface area contributed by atoms with E-state index >= 15 is 0 Å². The molecule has 0 aromatic heterocycles. The second-order valence-electron chi connectivity index (χ2n) is 5.37. The van der Waals surface area contributed by atoms with Crippen LogP contribution >= 0.6 is 23.2 Å². The minimum Gasteiger partial charge on any atom is -0.341 e. The van der Waals surface area contributed by atoms with E-state index in [0.717, 1.165) is 6.42 Å². The van der Waals surface area contributed by atoms with Crippen molar-refractivity contribution in [1.82, 2.24) is 9.80 Å². The van der Waals surface area contributed by atoms with Gasteiger partial charge in [-0.05, 0) is 19.8 Å². The van der Waals surface area contributed by atoms with Crippen molar-refractivity contribution in [2.45, 2.75) is 31.0 Å². The molecule has 1 aliphatic heterocycles. The van der Waals surface area contributed by atoms with Gasteiger partial charge in [-0.3, -0.25) is 9.59 Å². The third kappa shape index (κ3) is 2.32. The molecule has 1 unspecified atom stereocenters. The molecule has 0 aromatic carbocycles. The number of halogens is 2. The Bertz CT molecular complexity index is 386. The molecule has 2 rings (SSSR count). The first-order chi connectivity index (χ1) is 8.28. The Morgan fingerprint density at radius 2 is 1.56 bits per heavy atom. The summed E-state index contributed by atoms with van der Waals surface area (Å²) in [6.45, 7) is 5.91. The molecular weight excluding hydrogens is 275 g/mol. The Hall–Kier alpha value is -0.480. The molecule has 2 aliphatic rings. The highest BCUT2D eigenvalue weighted by Crippen LogP contribution is 2.64. The number of hydrogen-bond donors (Lipinski definition) is 0. The first-order valence-electron chi connectivity index (χ1n) is 6.21. The van der Waals surface area contributed by atoms with Crippen LogP contribution in [0.4, 0.5) is 0 Å². The molecule has 4 nitrogen and oxygen atoms in total. The Labute approximate surface area is 117 Å². The van der Waals surface area contributed by atoms with Crippen molar-refractivity contribution in [3.05, 3.63) is 0 Å². The van der Waals surface area contributed by atoms with Gasteiger partial charge >= 0.3 is 0 Å². The van der Waals surface area contributed by atoms with E-state index in [-0.39, 0.29) is 11.8 Å². The lowest BCUT2D eigenvalue weighted by molar-refractivity contribution is -0.137. The maximum atomic E-state index is 12.4. The van der Waals surface area contributed by atoms with Crippen LogP contribution in [0, 0.1) is 5.41 Å². The number of rotatable bonds is 1. The highest BCUT2D eigenvalue weighted by atomic mass is 35.5. The van der Waals surface area contributed by atoms with Gasteiger partial charge in [0, 0.05) is 33.1 Å². The van der Waals surface area contributed by atoms with Gasteiger partial charge in [0.05, 0.1) is 5.41 Å². The highest BCUT2D eigenvalue weighted by Gasteiger charge is 2.68. The molecule has 6 heteroatoms. The van der Waals surface area contributed by atoms with Crippen molar-refractivity contribution < 1.29 is 9.59 Å². The summed E-state index contributed by atoms with van der Waals surface area (Å²) in [5, 5.41) is 0. The number of hydrogen-bond acceptors (Lipinski definition) is 2. The Morgan fingerprint density at radius 3 is 2.06 bits per heavy atom. The summed E-state index contributed by atoms with van der Waals surface area (Å²) in [5.41, 5.74) is -0.651. The monoisotopic (exact) mass is 292 g/mol. The first-order valence-corrected chi connectivity index (χ1v) is 6.96. The van der Waals surface area contributed by atoms with Crippen LogP contribution in [0.5, 0.6) is 0 Å². The van der Waals surface area contributed by atoms with Crippen LogP contribution in [0.15, 0.2) is 0 Å². The summed E-state index contributed by atoms with van der Waals surface area (Å²) in [6, 6.07) is 0. The van der Waals surface area contributed by atoms with Gasteiger partial charge < -0.3 is 9.80 Å². The zero-order chi connectivity index (χ0) is 13.6. The zero-order valence-electron chi connectivity index (χ0n) is 10.7. The molecule has 0 radical (unpaired) electrons. The van der Waals surface area contributed by atoms with Gasteiger partial charge in [0.1, 0.15) is 4.33 Å². The van der Waals surface area contributed by atoms with Crippen molar-refractivity contribution in [3.63, 3.8) is 0 Å². The maximum Gasteiger partial charge on any atom is 0.231 e. The largest absolute Gasteiger partial charge is 0.341 e. The molecule has 2 amide bonds. The third-order valence-corrected chi connectivity index (χ3v) is 5.06.